The van der Waals surface area contributed by atoms with Gasteiger partial charge in [0.15, 0.2) is 5.82 Å². The Morgan fingerprint density at radius 2 is 1.68 bits per heavy atom. The van der Waals surface area contributed by atoms with Gasteiger partial charge in [0.1, 0.15) is 0 Å². The maximum Gasteiger partial charge on any atom is 0.242 e. The summed E-state index contributed by atoms with van der Waals surface area (Å²) in [4.78, 5) is 35.8. The maximum absolute atomic E-state index is 13.5. The van der Waals surface area contributed by atoms with Gasteiger partial charge >= 0.3 is 0 Å². The molecule has 4 aromatic rings. The summed E-state index contributed by atoms with van der Waals surface area (Å²) in [5.41, 5.74) is 1.17. The number of anilines is 1. The number of hydrogen-bond donors (Lipinski definition) is 0. The van der Waals surface area contributed by atoms with E-state index in [1.54, 1.807) is 12.1 Å². The van der Waals surface area contributed by atoms with E-state index in [0.717, 1.165) is 20.6 Å². The zero-order valence-corrected chi connectivity index (χ0v) is 21.5. The minimum absolute atomic E-state index is 0.0359. The number of methoxy groups -OCH3 is 1. The Morgan fingerprint density at radius 1 is 0.919 bits per heavy atom. The van der Waals surface area contributed by atoms with Crippen LogP contribution in [0.4, 0.5) is 5.69 Å². The molecule has 4 rings (SSSR count). The minimum Gasteiger partial charge on any atom is -0.481 e. The summed E-state index contributed by atoms with van der Waals surface area (Å²) in [6.45, 7) is 0.126. The van der Waals surface area contributed by atoms with Crippen LogP contribution in [0.25, 0.3) is 10.8 Å². The highest BCUT2D eigenvalue weighted by atomic mass is 32.2. The fourth-order valence-corrected chi connectivity index (χ4v) is 4.71. The van der Waals surface area contributed by atoms with Crippen LogP contribution >= 0.6 is 0 Å². The molecule has 37 heavy (non-hydrogen) atoms. The Bertz CT molecular complexity index is 1570. The smallest absolute Gasteiger partial charge is 0.242 e. The fourth-order valence-electron chi connectivity index (χ4n) is 3.77. The maximum atomic E-state index is 13.5. The summed E-state index contributed by atoms with van der Waals surface area (Å²) in [6, 6.07) is 21.3. The van der Waals surface area contributed by atoms with Crippen molar-refractivity contribution in [1.29, 1.82) is 0 Å². The lowest BCUT2D eigenvalue weighted by molar-refractivity contribution is -0.117. The van der Waals surface area contributed by atoms with Gasteiger partial charge in [0.2, 0.25) is 27.6 Å². The second-order valence-electron chi connectivity index (χ2n) is 8.47. The quantitative estimate of drug-likeness (QED) is 0.245. The number of ether oxygens (including phenoxy) is 1. The second-order valence-corrected chi connectivity index (χ2v) is 10.6. The van der Waals surface area contributed by atoms with Crippen molar-refractivity contribution in [3.05, 3.63) is 90.4 Å². The van der Waals surface area contributed by atoms with Gasteiger partial charge < -0.3 is 9.64 Å². The molecule has 0 aliphatic carbocycles. The van der Waals surface area contributed by atoms with Crippen LogP contribution in [0.5, 0.6) is 5.88 Å². The van der Waals surface area contributed by atoms with E-state index >= 15 is 0 Å². The number of hydrogen-bond acceptors (Lipinski definition) is 7. The molecule has 9 nitrogen and oxygen atoms in total. The van der Waals surface area contributed by atoms with E-state index in [0.29, 0.717) is 5.69 Å². The first-order valence-corrected chi connectivity index (χ1v) is 12.8. The van der Waals surface area contributed by atoms with Gasteiger partial charge in [-0.05, 0) is 40.6 Å². The summed E-state index contributed by atoms with van der Waals surface area (Å²) in [7, 11) is 0.554. The van der Waals surface area contributed by atoms with Crippen LogP contribution < -0.4 is 9.64 Å². The number of benzene rings is 3. The number of carbonyl (C=O) groups is 2. The molecule has 0 aliphatic heterocycles. The molecule has 0 fully saturated rings. The van der Waals surface area contributed by atoms with Crippen LogP contribution in [-0.2, 0) is 21.4 Å². The molecule has 0 bridgehead atoms. The molecule has 1 aromatic heterocycles. The fraction of sp³-hybridized carbons (Fsp3) is 0.185. The molecule has 0 unspecified atom stereocenters. The molecule has 0 N–H and O–H groups in total. The predicted molar refractivity (Wildman–Crippen MR) is 140 cm³/mol. The average molecular weight is 519 g/mol. The van der Waals surface area contributed by atoms with Gasteiger partial charge in [0.05, 0.1) is 25.0 Å². The van der Waals surface area contributed by atoms with Gasteiger partial charge in [-0.25, -0.2) is 17.7 Å². The van der Waals surface area contributed by atoms with E-state index in [1.165, 1.54) is 50.5 Å². The first-order valence-electron chi connectivity index (χ1n) is 11.4. The Labute approximate surface area is 215 Å². The van der Waals surface area contributed by atoms with Gasteiger partial charge in [-0.1, -0.05) is 42.5 Å². The third-order valence-electron chi connectivity index (χ3n) is 5.76. The summed E-state index contributed by atoms with van der Waals surface area (Å²) in [5.74, 6) is -1.03. The van der Waals surface area contributed by atoms with Crippen molar-refractivity contribution < 1.29 is 22.7 Å². The minimum atomic E-state index is -3.74. The van der Waals surface area contributed by atoms with E-state index in [1.807, 2.05) is 42.5 Å². The lowest BCUT2D eigenvalue weighted by atomic mass is 10.1. The lowest BCUT2D eigenvalue weighted by Gasteiger charge is -2.24. The van der Waals surface area contributed by atoms with E-state index in [4.69, 9.17) is 4.74 Å². The van der Waals surface area contributed by atoms with Crippen molar-refractivity contribution in [3.8, 4) is 5.88 Å². The van der Waals surface area contributed by atoms with E-state index in [2.05, 4.69) is 9.97 Å². The van der Waals surface area contributed by atoms with Crippen molar-refractivity contribution in [2.75, 3.05) is 26.1 Å². The zero-order valence-electron chi connectivity index (χ0n) is 20.7. The lowest BCUT2D eigenvalue weighted by Crippen LogP contribution is -2.32. The Balaban J connectivity index is 1.70. The van der Waals surface area contributed by atoms with Crippen LogP contribution in [0.2, 0.25) is 0 Å². The molecule has 3 aromatic carbocycles. The monoisotopic (exact) mass is 518 g/mol. The number of Topliss-reactive ketones (excluding diaryl/α,β-unsaturated/α-hetero) is 1. The molecule has 1 heterocycles. The van der Waals surface area contributed by atoms with Gasteiger partial charge in [0.25, 0.3) is 0 Å². The van der Waals surface area contributed by atoms with Crippen LogP contribution in [0, 0.1) is 0 Å². The number of carbonyl (C=O) groups excluding carboxylic acids is 2. The summed E-state index contributed by atoms with van der Waals surface area (Å²) in [6.07, 6.45) is 0.872. The van der Waals surface area contributed by atoms with E-state index < -0.39 is 28.1 Å². The molecule has 190 valence electrons. The molecule has 0 saturated heterocycles. The number of rotatable bonds is 9. The van der Waals surface area contributed by atoms with Crippen LogP contribution in [-0.4, -0.2) is 55.6 Å². The topological polar surface area (TPSA) is 110 Å². The van der Waals surface area contributed by atoms with Gasteiger partial charge in [-0.3, -0.25) is 9.59 Å². The van der Waals surface area contributed by atoms with Gasteiger partial charge in [-0.15, -0.1) is 0 Å². The van der Waals surface area contributed by atoms with Crippen LogP contribution in [0.15, 0.2) is 83.9 Å². The van der Waals surface area contributed by atoms with Crippen molar-refractivity contribution in [2.45, 2.75) is 17.9 Å². The SMILES string of the molecule is COc1ccnc(C(=O)CC(=O)N(Cc2ccc3ccccc3c2)c2cccc(S(=O)(=O)N(C)C)c2)n1. The van der Waals surface area contributed by atoms with Crippen molar-refractivity contribution in [2.24, 2.45) is 0 Å². The zero-order chi connectivity index (χ0) is 26.6. The molecule has 1 amide bonds. The number of fused-ring (bicyclic) bond motifs is 1. The molecule has 0 aliphatic rings. The van der Waals surface area contributed by atoms with Crippen molar-refractivity contribution >= 4 is 38.2 Å². The van der Waals surface area contributed by atoms with Crippen molar-refractivity contribution in [3.63, 3.8) is 0 Å². The van der Waals surface area contributed by atoms with Gasteiger partial charge in [0, 0.05) is 32.0 Å². The number of aromatic nitrogens is 2. The Kier molecular flexibility index (Phi) is 7.61. The number of ketones is 1. The van der Waals surface area contributed by atoms with E-state index in [-0.39, 0.29) is 23.1 Å². The third-order valence-corrected chi connectivity index (χ3v) is 7.57. The standard InChI is InChI=1S/C27H26N4O5S/c1-30(2)37(34,35)23-10-6-9-22(16-23)31(18-19-11-12-20-7-4-5-8-21(20)15-19)26(33)17-24(32)27-28-14-13-25(29-27)36-3/h4-16H,17-18H2,1-3H3. The Hall–Kier alpha value is -4.15. The highest BCUT2D eigenvalue weighted by Crippen LogP contribution is 2.25. The number of amides is 1. The molecule has 0 radical (unpaired) electrons. The van der Waals surface area contributed by atoms with E-state index in [9.17, 15) is 18.0 Å². The summed E-state index contributed by atoms with van der Waals surface area (Å²) < 4.78 is 31.6. The highest BCUT2D eigenvalue weighted by molar-refractivity contribution is 7.89. The number of sulfonamides is 1. The molecular weight excluding hydrogens is 492 g/mol. The third kappa shape index (κ3) is 5.82. The first-order chi connectivity index (χ1) is 17.7. The average Bonchev–Trinajstić information content (AvgIpc) is 2.91. The largest absolute Gasteiger partial charge is 0.481 e. The molecule has 0 saturated carbocycles. The highest BCUT2D eigenvalue weighted by Gasteiger charge is 2.24. The van der Waals surface area contributed by atoms with Crippen LogP contribution in [0.3, 0.4) is 0 Å². The summed E-state index contributed by atoms with van der Waals surface area (Å²) in [5, 5.41) is 2.05. The first kappa shape index (κ1) is 25.9. The van der Waals surface area contributed by atoms with Crippen LogP contribution in [0.1, 0.15) is 22.6 Å². The molecule has 0 spiro atoms. The van der Waals surface area contributed by atoms with Gasteiger partial charge in [-0.2, -0.15) is 4.98 Å². The molecular formula is C27H26N4O5S. The Morgan fingerprint density at radius 3 is 2.41 bits per heavy atom. The second kappa shape index (κ2) is 10.9. The normalized spacial score (nSPS) is 11.5. The number of nitrogens with zero attached hydrogens (tertiary/aromatic N) is 4. The molecule has 10 heteroatoms. The molecule has 0 atom stereocenters. The summed E-state index contributed by atoms with van der Waals surface area (Å²) >= 11 is 0. The van der Waals surface area contributed by atoms with Crippen molar-refractivity contribution in [1.82, 2.24) is 14.3 Å². The predicted octanol–water partition coefficient (Wildman–Crippen LogP) is 3.69.